The summed E-state index contributed by atoms with van der Waals surface area (Å²) in [5.41, 5.74) is 3.18. The van der Waals surface area contributed by atoms with Crippen LogP contribution in [0.25, 0.3) is 16.9 Å². The highest BCUT2D eigenvalue weighted by molar-refractivity contribution is 5.94. The van der Waals surface area contributed by atoms with Gasteiger partial charge in [-0.25, -0.2) is 4.68 Å². The molecule has 0 aliphatic carbocycles. The molecule has 0 fully saturated rings. The Morgan fingerprint density at radius 1 is 1.00 bits per heavy atom. The number of amides is 1. The number of ether oxygens (including phenoxy) is 1. The van der Waals surface area contributed by atoms with E-state index in [0.29, 0.717) is 29.1 Å². The van der Waals surface area contributed by atoms with Gasteiger partial charge in [0, 0.05) is 36.9 Å². The molecule has 10 heteroatoms. The van der Waals surface area contributed by atoms with E-state index in [2.05, 4.69) is 25.1 Å². The second kappa shape index (κ2) is 8.88. The number of rotatable bonds is 6. The van der Waals surface area contributed by atoms with Crippen molar-refractivity contribution in [2.75, 3.05) is 0 Å². The van der Waals surface area contributed by atoms with E-state index in [1.807, 2.05) is 12.1 Å². The van der Waals surface area contributed by atoms with Crippen LogP contribution in [0.15, 0.2) is 79.5 Å². The summed E-state index contributed by atoms with van der Waals surface area (Å²) in [5, 5.41) is 7.03. The number of benzene rings is 1. The summed E-state index contributed by atoms with van der Waals surface area (Å²) >= 11 is 0. The van der Waals surface area contributed by atoms with E-state index in [9.17, 15) is 18.0 Å². The van der Waals surface area contributed by atoms with Gasteiger partial charge in [0.15, 0.2) is 0 Å². The lowest BCUT2D eigenvalue weighted by molar-refractivity contribution is -0.274. The highest BCUT2D eigenvalue weighted by Gasteiger charge is 2.31. The molecule has 4 aromatic rings. The van der Waals surface area contributed by atoms with Gasteiger partial charge in [0.05, 0.1) is 23.1 Å². The van der Waals surface area contributed by atoms with Gasteiger partial charge in [-0.05, 0) is 54.1 Å². The Morgan fingerprint density at radius 3 is 2.41 bits per heavy atom. The zero-order valence-electron chi connectivity index (χ0n) is 16.5. The molecule has 1 N–H and O–H groups in total. The van der Waals surface area contributed by atoms with Crippen LogP contribution >= 0.6 is 0 Å². The maximum Gasteiger partial charge on any atom is 0.573 e. The lowest BCUT2D eigenvalue weighted by Gasteiger charge is -2.09. The molecule has 3 heterocycles. The summed E-state index contributed by atoms with van der Waals surface area (Å²) in [5.74, 6) is -0.564. The molecular weight excluding hydrogens is 423 g/mol. The first-order valence-electron chi connectivity index (χ1n) is 9.42. The minimum atomic E-state index is -4.74. The van der Waals surface area contributed by atoms with E-state index in [0.717, 1.165) is 5.56 Å². The van der Waals surface area contributed by atoms with Crippen LogP contribution in [0.1, 0.15) is 15.9 Å². The van der Waals surface area contributed by atoms with Crippen molar-refractivity contribution < 1.29 is 22.7 Å². The minimum absolute atomic E-state index is 0.252. The second-order valence-electron chi connectivity index (χ2n) is 6.69. The number of aromatic nitrogens is 4. The molecule has 4 rings (SSSR count). The number of pyridine rings is 2. The van der Waals surface area contributed by atoms with Crippen molar-refractivity contribution in [3.63, 3.8) is 0 Å². The van der Waals surface area contributed by atoms with Crippen LogP contribution < -0.4 is 10.1 Å². The Bertz CT molecular complexity index is 1190. The smallest absolute Gasteiger partial charge is 0.406 e. The molecule has 0 spiro atoms. The molecule has 162 valence electrons. The van der Waals surface area contributed by atoms with E-state index >= 15 is 0 Å². The Balaban J connectivity index is 1.41. The first-order valence-corrected chi connectivity index (χ1v) is 9.42. The quantitative estimate of drug-likeness (QED) is 0.488. The van der Waals surface area contributed by atoms with Gasteiger partial charge in [-0.1, -0.05) is 0 Å². The Labute approximate surface area is 180 Å². The fourth-order valence-electron chi connectivity index (χ4n) is 2.88. The topological polar surface area (TPSA) is 81.9 Å². The van der Waals surface area contributed by atoms with Crippen LogP contribution in [-0.2, 0) is 6.54 Å². The summed E-state index contributed by atoms with van der Waals surface area (Å²) < 4.78 is 42.2. The van der Waals surface area contributed by atoms with Gasteiger partial charge < -0.3 is 10.1 Å². The minimum Gasteiger partial charge on any atom is -0.406 e. The molecule has 0 unspecified atom stereocenters. The SMILES string of the molecule is O=C(NCc1ccncc1)c1ccc(-c2cnn(-c3ccc(OC(F)(F)F)cc3)c2)nc1. The third-order valence-electron chi connectivity index (χ3n) is 4.44. The predicted molar refractivity (Wildman–Crippen MR) is 109 cm³/mol. The van der Waals surface area contributed by atoms with Crippen molar-refractivity contribution in [2.24, 2.45) is 0 Å². The van der Waals surface area contributed by atoms with Crippen LogP contribution in [0, 0.1) is 0 Å². The summed E-state index contributed by atoms with van der Waals surface area (Å²) in [6.07, 6.45) is 3.30. The van der Waals surface area contributed by atoms with Crippen LogP contribution in [-0.4, -0.2) is 32.0 Å². The van der Waals surface area contributed by atoms with Crippen molar-refractivity contribution in [1.82, 2.24) is 25.1 Å². The summed E-state index contributed by atoms with van der Waals surface area (Å²) in [7, 11) is 0. The second-order valence-corrected chi connectivity index (χ2v) is 6.69. The fraction of sp³-hybridized carbons (Fsp3) is 0.0909. The van der Waals surface area contributed by atoms with Gasteiger partial charge in [0.2, 0.25) is 0 Å². The maximum atomic E-state index is 12.3. The monoisotopic (exact) mass is 439 g/mol. The molecule has 0 aliphatic heterocycles. The maximum absolute atomic E-state index is 12.3. The first kappa shape index (κ1) is 21.0. The molecule has 0 bridgehead atoms. The number of hydrogen-bond donors (Lipinski definition) is 1. The van der Waals surface area contributed by atoms with E-state index in [1.54, 1.807) is 36.9 Å². The van der Waals surface area contributed by atoms with Gasteiger partial charge in [0.25, 0.3) is 5.91 Å². The van der Waals surface area contributed by atoms with Gasteiger partial charge >= 0.3 is 6.36 Å². The van der Waals surface area contributed by atoms with Crippen molar-refractivity contribution in [3.8, 4) is 22.7 Å². The van der Waals surface area contributed by atoms with Crippen molar-refractivity contribution >= 4 is 5.91 Å². The number of alkyl halides is 3. The van der Waals surface area contributed by atoms with E-state index < -0.39 is 6.36 Å². The van der Waals surface area contributed by atoms with Crippen molar-refractivity contribution in [1.29, 1.82) is 0 Å². The molecule has 32 heavy (non-hydrogen) atoms. The predicted octanol–water partition coefficient (Wildman–Crippen LogP) is 4.16. The lowest BCUT2D eigenvalue weighted by atomic mass is 10.2. The van der Waals surface area contributed by atoms with Crippen molar-refractivity contribution in [3.05, 3.63) is 90.6 Å². The summed E-state index contributed by atoms with van der Waals surface area (Å²) in [6, 6.07) is 12.3. The average Bonchev–Trinajstić information content (AvgIpc) is 3.28. The number of nitrogens with one attached hydrogen (secondary N) is 1. The van der Waals surface area contributed by atoms with Crippen molar-refractivity contribution in [2.45, 2.75) is 12.9 Å². The molecule has 0 atom stereocenters. The summed E-state index contributed by atoms with van der Waals surface area (Å²) in [6.45, 7) is 0.378. The van der Waals surface area contributed by atoms with Crippen LogP contribution in [0.2, 0.25) is 0 Å². The molecule has 0 saturated heterocycles. The largest absolute Gasteiger partial charge is 0.573 e. The Morgan fingerprint density at radius 2 is 1.75 bits per heavy atom. The molecule has 1 amide bonds. The van der Waals surface area contributed by atoms with Gasteiger partial charge in [-0.15, -0.1) is 13.2 Å². The lowest BCUT2D eigenvalue weighted by Crippen LogP contribution is -2.22. The molecule has 0 aliphatic rings. The number of carbonyl (C=O) groups is 1. The number of nitrogens with zero attached hydrogens (tertiary/aromatic N) is 4. The molecule has 1 aromatic carbocycles. The van der Waals surface area contributed by atoms with Gasteiger partial charge in [-0.3, -0.25) is 14.8 Å². The Kier molecular flexibility index (Phi) is 5.84. The summed E-state index contributed by atoms with van der Waals surface area (Å²) in [4.78, 5) is 20.6. The van der Waals surface area contributed by atoms with Gasteiger partial charge in [0.1, 0.15) is 5.75 Å². The normalized spacial score (nSPS) is 11.2. The zero-order chi connectivity index (χ0) is 22.6. The van der Waals surface area contributed by atoms with E-state index in [-0.39, 0.29) is 11.7 Å². The van der Waals surface area contributed by atoms with Crippen LogP contribution in [0.3, 0.4) is 0 Å². The van der Waals surface area contributed by atoms with Crippen LogP contribution in [0.4, 0.5) is 13.2 Å². The van der Waals surface area contributed by atoms with Crippen LogP contribution in [0.5, 0.6) is 5.75 Å². The highest BCUT2D eigenvalue weighted by Crippen LogP contribution is 2.24. The molecule has 3 aromatic heterocycles. The highest BCUT2D eigenvalue weighted by atomic mass is 19.4. The Hall–Kier alpha value is -4.21. The molecule has 0 saturated carbocycles. The third-order valence-corrected chi connectivity index (χ3v) is 4.44. The number of halogens is 3. The number of hydrogen-bond acceptors (Lipinski definition) is 5. The first-order chi connectivity index (χ1) is 15.4. The third kappa shape index (κ3) is 5.28. The average molecular weight is 439 g/mol. The number of carbonyl (C=O) groups excluding carboxylic acids is 1. The molecular formula is C22H16F3N5O2. The van der Waals surface area contributed by atoms with E-state index in [1.165, 1.54) is 35.1 Å². The zero-order valence-corrected chi connectivity index (χ0v) is 16.5. The molecule has 7 nitrogen and oxygen atoms in total. The fourth-order valence-corrected chi connectivity index (χ4v) is 2.88. The standard InChI is InChI=1S/C22H16F3N5O2/c23-22(24,25)32-19-4-2-18(3-5-19)30-14-17(13-29-30)20-6-1-16(12-27-20)21(31)28-11-15-7-9-26-10-8-15/h1-10,12-14H,11H2,(H,28,31). The van der Waals surface area contributed by atoms with Gasteiger partial charge in [-0.2, -0.15) is 5.10 Å². The van der Waals surface area contributed by atoms with E-state index in [4.69, 9.17) is 0 Å². The molecule has 0 radical (unpaired) electrons.